The summed E-state index contributed by atoms with van der Waals surface area (Å²) in [5.74, 6) is 0.693. The topological polar surface area (TPSA) is 27.7 Å². The van der Waals surface area contributed by atoms with E-state index in [4.69, 9.17) is 13.3 Å². The van der Waals surface area contributed by atoms with E-state index in [-0.39, 0.29) is 6.10 Å². The van der Waals surface area contributed by atoms with E-state index in [2.05, 4.69) is 13.8 Å². The second-order valence-electron chi connectivity index (χ2n) is 5.52. The van der Waals surface area contributed by atoms with E-state index in [1.165, 1.54) is 32.1 Å². The van der Waals surface area contributed by atoms with Crippen LogP contribution in [0.3, 0.4) is 0 Å². The molecule has 0 spiro atoms. The summed E-state index contributed by atoms with van der Waals surface area (Å²) in [6.07, 6.45) is 8.03. The first-order valence-corrected chi connectivity index (χ1v) is 10.1. The molecule has 0 N–H and O–H groups in total. The van der Waals surface area contributed by atoms with Crippen molar-refractivity contribution in [3.05, 3.63) is 0 Å². The van der Waals surface area contributed by atoms with Crippen LogP contribution in [0.5, 0.6) is 0 Å². The quantitative estimate of drug-likeness (QED) is 0.589. The highest BCUT2D eigenvalue weighted by molar-refractivity contribution is 6.60. The van der Waals surface area contributed by atoms with Crippen molar-refractivity contribution in [1.82, 2.24) is 0 Å². The first-order chi connectivity index (χ1) is 9.17. The minimum atomic E-state index is -2.44. The molecule has 0 aromatic heterocycles. The van der Waals surface area contributed by atoms with Crippen molar-refractivity contribution in [3.63, 3.8) is 0 Å². The molecule has 0 heterocycles. The van der Waals surface area contributed by atoms with Crippen molar-refractivity contribution < 1.29 is 13.3 Å². The Labute approximate surface area is 120 Å². The maximum absolute atomic E-state index is 6.39. The van der Waals surface area contributed by atoms with Gasteiger partial charge in [-0.25, -0.2) is 0 Å². The van der Waals surface area contributed by atoms with Crippen LogP contribution in [0.2, 0.25) is 6.04 Å². The van der Waals surface area contributed by atoms with Crippen molar-refractivity contribution in [1.29, 1.82) is 0 Å². The summed E-state index contributed by atoms with van der Waals surface area (Å²) in [5, 5.41) is 0. The van der Waals surface area contributed by atoms with Crippen LogP contribution in [0.1, 0.15) is 66.2 Å². The lowest BCUT2D eigenvalue weighted by Gasteiger charge is -2.36. The van der Waals surface area contributed by atoms with Crippen molar-refractivity contribution in [3.8, 4) is 0 Å². The number of hydrogen-bond donors (Lipinski definition) is 0. The van der Waals surface area contributed by atoms with Gasteiger partial charge in [0.1, 0.15) is 0 Å². The lowest BCUT2D eigenvalue weighted by molar-refractivity contribution is 0.00930. The van der Waals surface area contributed by atoms with Crippen LogP contribution in [0.4, 0.5) is 0 Å². The minimum absolute atomic E-state index is 0.275. The SMILES string of the molecule is CCC[Si](OCC)(OCC)OC(C)C1CCCCC1. The predicted octanol–water partition coefficient (Wildman–Crippen LogP) is 4.39. The summed E-state index contributed by atoms with van der Waals surface area (Å²) < 4.78 is 18.3. The fraction of sp³-hybridized carbons (Fsp3) is 1.00. The van der Waals surface area contributed by atoms with Crippen LogP contribution in [0, 0.1) is 5.92 Å². The van der Waals surface area contributed by atoms with Crippen LogP contribution in [0.25, 0.3) is 0 Å². The Morgan fingerprint density at radius 3 is 2.05 bits per heavy atom. The smallest absolute Gasteiger partial charge is 0.374 e. The molecule has 1 saturated carbocycles. The minimum Gasteiger partial charge on any atom is -0.374 e. The normalized spacial score (nSPS) is 19.6. The molecule has 3 nitrogen and oxygen atoms in total. The van der Waals surface area contributed by atoms with Gasteiger partial charge in [0.2, 0.25) is 0 Å². The molecular formula is C15H32O3Si. The molecule has 1 rings (SSSR count). The highest BCUT2D eigenvalue weighted by Gasteiger charge is 2.42. The van der Waals surface area contributed by atoms with Gasteiger partial charge in [-0.15, -0.1) is 0 Å². The van der Waals surface area contributed by atoms with Gasteiger partial charge < -0.3 is 13.3 Å². The summed E-state index contributed by atoms with van der Waals surface area (Å²) >= 11 is 0. The zero-order valence-corrected chi connectivity index (χ0v) is 14.2. The molecule has 1 fully saturated rings. The van der Waals surface area contributed by atoms with Crippen LogP contribution >= 0.6 is 0 Å². The Morgan fingerprint density at radius 1 is 1.00 bits per heavy atom. The Morgan fingerprint density at radius 2 is 1.58 bits per heavy atom. The van der Waals surface area contributed by atoms with Crippen LogP contribution in [-0.4, -0.2) is 28.1 Å². The molecule has 114 valence electrons. The third-order valence-electron chi connectivity index (χ3n) is 3.96. The molecule has 0 aliphatic heterocycles. The summed E-state index contributed by atoms with van der Waals surface area (Å²) in [6.45, 7) is 9.82. The van der Waals surface area contributed by atoms with E-state index >= 15 is 0 Å². The molecule has 19 heavy (non-hydrogen) atoms. The number of rotatable bonds is 9. The highest BCUT2D eigenvalue weighted by atomic mass is 28.4. The molecule has 1 unspecified atom stereocenters. The standard InChI is InChI=1S/C15H32O3Si/c1-5-13-19(16-6-2,17-7-3)18-14(4)15-11-9-8-10-12-15/h14-15H,5-13H2,1-4H3. The van der Waals surface area contributed by atoms with Crippen molar-refractivity contribution in [2.45, 2.75) is 78.4 Å². The van der Waals surface area contributed by atoms with Gasteiger partial charge >= 0.3 is 8.80 Å². The first-order valence-electron chi connectivity index (χ1n) is 8.13. The van der Waals surface area contributed by atoms with E-state index < -0.39 is 8.80 Å². The summed E-state index contributed by atoms with van der Waals surface area (Å²) in [5.41, 5.74) is 0. The zero-order valence-electron chi connectivity index (χ0n) is 13.2. The van der Waals surface area contributed by atoms with Gasteiger partial charge in [-0.3, -0.25) is 0 Å². The molecule has 1 aliphatic carbocycles. The maximum Gasteiger partial charge on any atom is 0.501 e. The summed E-state index contributed by atoms with van der Waals surface area (Å²) in [7, 11) is -2.44. The van der Waals surface area contributed by atoms with Gasteiger partial charge in [-0.1, -0.05) is 32.6 Å². The number of hydrogen-bond acceptors (Lipinski definition) is 3. The average molecular weight is 289 g/mol. The van der Waals surface area contributed by atoms with Crippen molar-refractivity contribution >= 4 is 8.80 Å². The third-order valence-corrected chi connectivity index (χ3v) is 7.26. The van der Waals surface area contributed by atoms with E-state index in [1.807, 2.05) is 13.8 Å². The lowest BCUT2D eigenvalue weighted by atomic mass is 9.86. The Balaban J connectivity index is 2.62. The zero-order chi connectivity index (χ0) is 14.1. The Hall–Kier alpha value is 0.0969. The monoisotopic (exact) mass is 288 g/mol. The first kappa shape index (κ1) is 17.1. The van der Waals surface area contributed by atoms with Crippen LogP contribution in [-0.2, 0) is 13.3 Å². The van der Waals surface area contributed by atoms with E-state index in [1.54, 1.807) is 0 Å². The molecule has 0 saturated heterocycles. The summed E-state index contributed by atoms with van der Waals surface area (Å²) in [6, 6.07) is 0.936. The van der Waals surface area contributed by atoms with E-state index in [0.717, 1.165) is 12.5 Å². The highest BCUT2D eigenvalue weighted by Crippen LogP contribution is 2.31. The van der Waals surface area contributed by atoms with E-state index in [9.17, 15) is 0 Å². The van der Waals surface area contributed by atoms with Gasteiger partial charge in [-0.2, -0.15) is 0 Å². The molecule has 0 aromatic rings. The predicted molar refractivity (Wildman–Crippen MR) is 81.2 cm³/mol. The molecule has 0 aromatic carbocycles. The summed E-state index contributed by atoms with van der Waals surface area (Å²) in [4.78, 5) is 0. The van der Waals surface area contributed by atoms with Crippen molar-refractivity contribution in [2.75, 3.05) is 13.2 Å². The molecule has 4 heteroatoms. The van der Waals surface area contributed by atoms with Gasteiger partial charge in [0.25, 0.3) is 0 Å². The van der Waals surface area contributed by atoms with Gasteiger partial charge in [-0.05, 0) is 39.5 Å². The molecule has 0 radical (unpaired) electrons. The Kier molecular flexibility index (Phi) is 8.22. The average Bonchev–Trinajstić information content (AvgIpc) is 2.40. The second-order valence-corrected chi connectivity index (χ2v) is 8.20. The molecule has 0 amide bonds. The second kappa shape index (κ2) is 9.11. The molecule has 1 aliphatic rings. The largest absolute Gasteiger partial charge is 0.501 e. The molecular weight excluding hydrogens is 256 g/mol. The lowest BCUT2D eigenvalue weighted by Crippen LogP contribution is -2.49. The van der Waals surface area contributed by atoms with Gasteiger partial charge in [0.05, 0.1) is 0 Å². The van der Waals surface area contributed by atoms with Crippen LogP contribution < -0.4 is 0 Å². The van der Waals surface area contributed by atoms with Gasteiger partial charge in [0.15, 0.2) is 0 Å². The fourth-order valence-electron chi connectivity index (χ4n) is 3.04. The van der Waals surface area contributed by atoms with E-state index in [0.29, 0.717) is 19.1 Å². The van der Waals surface area contributed by atoms with Crippen molar-refractivity contribution in [2.24, 2.45) is 5.92 Å². The van der Waals surface area contributed by atoms with Crippen LogP contribution in [0.15, 0.2) is 0 Å². The third kappa shape index (κ3) is 5.54. The molecule has 1 atom stereocenters. The van der Waals surface area contributed by atoms with Gasteiger partial charge in [0, 0.05) is 25.4 Å². The maximum atomic E-state index is 6.39. The fourth-order valence-corrected chi connectivity index (χ4v) is 5.92. The Bertz CT molecular complexity index is 212. The molecule has 0 bridgehead atoms.